The molecule has 1 N–H and O–H groups in total. The number of hydrogen-bond acceptors (Lipinski definition) is 4. The molecular formula is C13H15N3S. The largest absolute Gasteiger partial charge is 0.351 e. The van der Waals surface area contributed by atoms with Crippen LogP contribution in [0.3, 0.4) is 0 Å². The van der Waals surface area contributed by atoms with Crippen LogP contribution in [0.5, 0.6) is 0 Å². The number of nitrogens with one attached hydrogen (secondary N) is 1. The van der Waals surface area contributed by atoms with E-state index in [0.717, 1.165) is 16.9 Å². The summed E-state index contributed by atoms with van der Waals surface area (Å²) >= 11 is 2.03. The van der Waals surface area contributed by atoms with Gasteiger partial charge >= 0.3 is 0 Å². The maximum Gasteiger partial charge on any atom is 0.223 e. The third-order valence-corrected chi connectivity index (χ3v) is 4.09. The molecule has 0 amide bonds. The molecule has 0 radical (unpaired) electrons. The number of thioether (sulfide) groups is 1. The lowest BCUT2D eigenvalue weighted by atomic mass is 10.1. The first kappa shape index (κ1) is 10.8. The molecule has 0 aliphatic carbocycles. The van der Waals surface area contributed by atoms with Crippen LogP contribution in [0.2, 0.25) is 0 Å². The van der Waals surface area contributed by atoms with Gasteiger partial charge in [-0.25, -0.2) is 9.97 Å². The molecule has 0 spiro atoms. The fraction of sp³-hybridized carbons (Fsp3) is 0.385. The zero-order valence-electron chi connectivity index (χ0n) is 9.60. The van der Waals surface area contributed by atoms with Crippen LogP contribution in [0.4, 0.5) is 5.95 Å². The highest BCUT2D eigenvalue weighted by molar-refractivity contribution is 7.99. The fourth-order valence-corrected chi connectivity index (χ4v) is 3.17. The second-order valence-corrected chi connectivity index (χ2v) is 5.51. The molecule has 1 saturated heterocycles. The van der Waals surface area contributed by atoms with E-state index in [-0.39, 0.29) is 0 Å². The Morgan fingerprint density at radius 2 is 2.00 bits per heavy atom. The molecule has 3 rings (SSSR count). The zero-order valence-corrected chi connectivity index (χ0v) is 10.4. The average Bonchev–Trinajstić information content (AvgIpc) is 2.40. The van der Waals surface area contributed by atoms with Crippen LogP contribution >= 0.6 is 11.8 Å². The van der Waals surface area contributed by atoms with Gasteiger partial charge < -0.3 is 5.32 Å². The predicted octanol–water partition coefficient (Wildman–Crippen LogP) is 2.94. The predicted molar refractivity (Wildman–Crippen MR) is 73.5 cm³/mol. The van der Waals surface area contributed by atoms with Gasteiger partial charge in [0.2, 0.25) is 5.95 Å². The first-order chi connectivity index (χ1) is 8.42. The Bertz CT molecular complexity index is 509. The van der Waals surface area contributed by atoms with E-state index in [1.54, 1.807) is 0 Å². The summed E-state index contributed by atoms with van der Waals surface area (Å²) in [6.07, 6.45) is 4.31. The number of hydrogen-bond donors (Lipinski definition) is 1. The van der Waals surface area contributed by atoms with Crippen LogP contribution in [0.1, 0.15) is 12.8 Å². The molecule has 2 heterocycles. The zero-order chi connectivity index (χ0) is 11.5. The summed E-state index contributed by atoms with van der Waals surface area (Å²) in [4.78, 5) is 8.91. The van der Waals surface area contributed by atoms with Crippen LogP contribution < -0.4 is 5.32 Å². The first-order valence-electron chi connectivity index (χ1n) is 5.98. The number of anilines is 1. The lowest BCUT2D eigenvalue weighted by Crippen LogP contribution is -2.25. The topological polar surface area (TPSA) is 37.8 Å². The normalized spacial score (nSPS) is 17.2. The number of nitrogens with zero attached hydrogens (tertiary/aromatic N) is 2. The van der Waals surface area contributed by atoms with Gasteiger partial charge in [-0.05, 0) is 30.4 Å². The van der Waals surface area contributed by atoms with E-state index in [4.69, 9.17) is 0 Å². The highest BCUT2D eigenvalue weighted by atomic mass is 32.2. The van der Waals surface area contributed by atoms with E-state index < -0.39 is 0 Å². The van der Waals surface area contributed by atoms with Crippen molar-refractivity contribution in [2.45, 2.75) is 18.9 Å². The molecule has 1 aromatic heterocycles. The summed E-state index contributed by atoms with van der Waals surface area (Å²) in [5.74, 6) is 3.25. The maximum absolute atomic E-state index is 4.54. The summed E-state index contributed by atoms with van der Waals surface area (Å²) in [5, 5.41) is 4.53. The van der Waals surface area contributed by atoms with E-state index in [2.05, 4.69) is 15.3 Å². The molecule has 3 nitrogen and oxygen atoms in total. The molecular weight excluding hydrogens is 230 g/mol. The molecule has 1 aromatic carbocycles. The first-order valence-corrected chi connectivity index (χ1v) is 7.13. The minimum absolute atomic E-state index is 0.539. The second kappa shape index (κ2) is 4.92. The average molecular weight is 245 g/mol. The van der Waals surface area contributed by atoms with Crippen LogP contribution in [0.25, 0.3) is 10.9 Å². The van der Waals surface area contributed by atoms with Gasteiger partial charge in [-0.1, -0.05) is 18.2 Å². The van der Waals surface area contributed by atoms with Gasteiger partial charge in [0.1, 0.15) is 0 Å². The third-order valence-electron chi connectivity index (χ3n) is 3.04. The van der Waals surface area contributed by atoms with Crippen LogP contribution in [-0.4, -0.2) is 27.5 Å². The standard InChI is InChI=1S/C13H15N3S/c1-2-4-12-10(3-1)9-14-13(16-12)15-11-5-7-17-8-6-11/h1-4,9,11H,5-8H2,(H,14,15,16). The maximum atomic E-state index is 4.54. The Hall–Kier alpha value is -1.29. The molecule has 0 saturated carbocycles. The van der Waals surface area contributed by atoms with Crippen LogP contribution in [-0.2, 0) is 0 Å². The van der Waals surface area contributed by atoms with Crippen molar-refractivity contribution in [1.29, 1.82) is 0 Å². The summed E-state index contributed by atoms with van der Waals surface area (Å²) in [6.45, 7) is 0. The van der Waals surface area contributed by atoms with E-state index in [1.807, 2.05) is 42.2 Å². The molecule has 17 heavy (non-hydrogen) atoms. The van der Waals surface area contributed by atoms with E-state index in [0.29, 0.717) is 6.04 Å². The highest BCUT2D eigenvalue weighted by Gasteiger charge is 2.14. The van der Waals surface area contributed by atoms with Crippen molar-refractivity contribution in [2.75, 3.05) is 16.8 Å². The van der Waals surface area contributed by atoms with Crippen LogP contribution in [0.15, 0.2) is 30.5 Å². The van der Waals surface area contributed by atoms with E-state index in [9.17, 15) is 0 Å². The molecule has 0 unspecified atom stereocenters. The molecule has 1 aliphatic rings. The summed E-state index contributed by atoms with van der Waals surface area (Å²) in [6, 6.07) is 8.63. The van der Waals surface area contributed by atoms with E-state index >= 15 is 0 Å². The van der Waals surface area contributed by atoms with Crippen molar-refractivity contribution in [3.8, 4) is 0 Å². The van der Waals surface area contributed by atoms with Crippen molar-refractivity contribution in [3.63, 3.8) is 0 Å². The minimum Gasteiger partial charge on any atom is -0.351 e. The van der Waals surface area contributed by atoms with Crippen molar-refractivity contribution < 1.29 is 0 Å². The number of aromatic nitrogens is 2. The number of benzene rings is 1. The van der Waals surface area contributed by atoms with Gasteiger partial charge in [0, 0.05) is 17.6 Å². The van der Waals surface area contributed by atoms with Gasteiger partial charge in [-0.15, -0.1) is 0 Å². The monoisotopic (exact) mass is 245 g/mol. The smallest absolute Gasteiger partial charge is 0.223 e. The van der Waals surface area contributed by atoms with Gasteiger partial charge in [-0.2, -0.15) is 11.8 Å². The van der Waals surface area contributed by atoms with Gasteiger partial charge in [0.25, 0.3) is 0 Å². The van der Waals surface area contributed by atoms with Gasteiger partial charge in [-0.3, -0.25) is 0 Å². The Morgan fingerprint density at radius 3 is 2.88 bits per heavy atom. The lowest BCUT2D eigenvalue weighted by Gasteiger charge is -2.22. The van der Waals surface area contributed by atoms with E-state index in [1.165, 1.54) is 24.3 Å². The molecule has 0 atom stereocenters. The molecule has 1 fully saturated rings. The van der Waals surface area contributed by atoms with Crippen molar-refractivity contribution >= 4 is 28.6 Å². The Balaban J connectivity index is 1.80. The molecule has 1 aliphatic heterocycles. The van der Waals surface area contributed by atoms with Crippen molar-refractivity contribution in [1.82, 2.24) is 9.97 Å². The Labute approximate surface area is 105 Å². The molecule has 0 bridgehead atoms. The number of fused-ring (bicyclic) bond motifs is 1. The minimum atomic E-state index is 0.539. The van der Waals surface area contributed by atoms with Crippen LogP contribution in [0, 0.1) is 0 Å². The fourth-order valence-electron chi connectivity index (χ4n) is 2.07. The van der Waals surface area contributed by atoms with Gasteiger partial charge in [0.15, 0.2) is 0 Å². The van der Waals surface area contributed by atoms with Crippen molar-refractivity contribution in [3.05, 3.63) is 30.5 Å². The summed E-state index contributed by atoms with van der Waals surface area (Å²) < 4.78 is 0. The molecule has 2 aromatic rings. The number of rotatable bonds is 2. The molecule has 88 valence electrons. The van der Waals surface area contributed by atoms with Crippen molar-refractivity contribution in [2.24, 2.45) is 0 Å². The SMILES string of the molecule is c1ccc2nc(NC3CCSCC3)ncc2c1. The summed E-state index contributed by atoms with van der Waals surface area (Å²) in [5.41, 5.74) is 1.01. The molecule has 4 heteroatoms. The Kier molecular flexibility index (Phi) is 3.14. The lowest BCUT2D eigenvalue weighted by molar-refractivity contribution is 0.660. The van der Waals surface area contributed by atoms with Gasteiger partial charge in [0.05, 0.1) is 5.52 Å². The quantitative estimate of drug-likeness (QED) is 0.882. The second-order valence-electron chi connectivity index (χ2n) is 4.28. The Morgan fingerprint density at radius 1 is 1.18 bits per heavy atom. The summed E-state index contributed by atoms with van der Waals surface area (Å²) in [7, 11) is 0. The highest BCUT2D eigenvalue weighted by Crippen LogP contribution is 2.20. The third kappa shape index (κ3) is 2.52. The number of para-hydroxylation sites is 1.